The third-order valence-electron chi connectivity index (χ3n) is 5.61. The van der Waals surface area contributed by atoms with Crippen molar-refractivity contribution in [3.63, 3.8) is 0 Å². The maximum Gasteiger partial charge on any atom is 0.325 e. The number of nitrogens with two attached hydrogens (primary N) is 1. The van der Waals surface area contributed by atoms with Crippen LogP contribution in [0.15, 0.2) is 23.2 Å². The number of carbonyl (C=O) groups excluding carboxylic acids is 2. The summed E-state index contributed by atoms with van der Waals surface area (Å²) in [6, 6.07) is 5.82. The van der Waals surface area contributed by atoms with E-state index in [4.69, 9.17) is 15.2 Å². The molecule has 3 N–H and O–H groups in total. The van der Waals surface area contributed by atoms with Crippen LogP contribution in [0.3, 0.4) is 0 Å². The number of nitrogens with one attached hydrogen (secondary N) is 1. The molecular weight excluding hydrogens is 384 g/mol. The van der Waals surface area contributed by atoms with Gasteiger partial charge in [0, 0.05) is 18.2 Å². The highest BCUT2D eigenvalue weighted by Crippen LogP contribution is 2.36. The van der Waals surface area contributed by atoms with Crippen molar-refractivity contribution in [1.82, 2.24) is 10.2 Å². The molecule has 0 aromatic heterocycles. The van der Waals surface area contributed by atoms with Gasteiger partial charge in [-0.25, -0.2) is 4.99 Å². The number of hydrogen-bond acceptors (Lipinski definition) is 7. The van der Waals surface area contributed by atoms with Gasteiger partial charge in [-0.05, 0) is 25.3 Å². The topological polar surface area (TPSA) is 106 Å². The van der Waals surface area contributed by atoms with Crippen LogP contribution in [0.25, 0.3) is 0 Å². The molecule has 0 bridgehead atoms. The molecule has 8 heteroatoms. The van der Waals surface area contributed by atoms with Gasteiger partial charge < -0.3 is 25.4 Å². The Morgan fingerprint density at radius 1 is 1.30 bits per heavy atom. The molecule has 164 valence electrons. The molecule has 1 unspecified atom stereocenters. The number of benzene rings is 1. The predicted octanol–water partition coefficient (Wildman–Crippen LogP) is 2.62. The van der Waals surface area contributed by atoms with Gasteiger partial charge in [0.2, 0.25) is 0 Å². The van der Waals surface area contributed by atoms with Crippen LogP contribution in [0.5, 0.6) is 5.75 Å². The number of carbonyl (C=O) groups is 2. The van der Waals surface area contributed by atoms with Crippen LogP contribution < -0.4 is 15.8 Å². The lowest BCUT2D eigenvalue weighted by molar-refractivity contribution is -0.141. The fraction of sp³-hybridized carbons (Fsp3) is 0.591. The summed E-state index contributed by atoms with van der Waals surface area (Å²) < 4.78 is 10.9. The number of para-hydroxylation sites is 1. The highest BCUT2D eigenvalue weighted by Gasteiger charge is 2.27. The van der Waals surface area contributed by atoms with Gasteiger partial charge in [0.25, 0.3) is 5.91 Å². The number of amides is 1. The minimum absolute atomic E-state index is 0.0264. The Morgan fingerprint density at radius 2 is 2.07 bits per heavy atom. The third-order valence-corrected chi connectivity index (χ3v) is 5.61. The summed E-state index contributed by atoms with van der Waals surface area (Å²) in [5.41, 5.74) is 7.57. The fourth-order valence-electron chi connectivity index (χ4n) is 3.95. The van der Waals surface area contributed by atoms with Gasteiger partial charge in [-0.1, -0.05) is 44.7 Å². The Kier molecular flexibility index (Phi) is 7.54. The monoisotopic (exact) mass is 416 g/mol. The average molecular weight is 417 g/mol. The summed E-state index contributed by atoms with van der Waals surface area (Å²) in [4.78, 5) is 30.6. The second-order valence-corrected chi connectivity index (χ2v) is 7.90. The molecule has 0 radical (unpaired) electrons. The van der Waals surface area contributed by atoms with Gasteiger partial charge in [-0.15, -0.1) is 0 Å². The number of nitrogens with zero attached hydrogens (tertiary/aromatic N) is 2. The maximum atomic E-state index is 12.9. The molecule has 1 aromatic carbocycles. The number of aliphatic imine (C=N–C) groups is 1. The van der Waals surface area contributed by atoms with Crippen molar-refractivity contribution in [2.45, 2.75) is 70.6 Å². The first-order valence-electron chi connectivity index (χ1n) is 10.8. The number of esters is 1. The normalized spacial score (nSPS) is 17.5. The SMILES string of the molecule is CCCC(Oc1cccc2c1N=C(N)N(CC(=O)OC)C2)C(=O)NC1CCCCC1. The molecule has 1 heterocycles. The Morgan fingerprint density at radius 3 is 2.77 bits per heavy atom. The smallest absolute Gasteiger partial charge is 0.325 e. The van der Waals surface area contributed by atoms with Crippen molar-refractivity contribution in [3.05, 3.63) is 23.8 Å². The Labute approximate surface area is 177 Å². The summed E-state index contributed by atoms with van der Waals surface area (Å²) in [7, 11) is 1.34. The minimum Gasteiger partial charge on any atom is -0.478 e. The highest BCUT2D eigenvalue weighted by atomic mass is 16.5. The maximum absolute atomic E-state index is 12.9. The lowest BCUT2D eigenvalue weighted by Gasteiger charge is -2.29. The standard InChI is InChI=1S/C22H32N4O4/c1-3-8-18(21(28)24-16-10-5-4-6-11-16)30-17-12-7-9-15-13-26(14-19(27)29-2)22(23)25-20(15)17/h7,9,12,16,18H,3-6,8,10-11,13-14H2,1-2H3,(H2,23,25)(H,24,28). The largest absolute Gasteiger partial charge is 0.478 e. The molecule has 1 aliphatic heterocycles. The van der Waals surface area contributed by atoms with Gasteiger partial charge in [0.15, 0.2) is 12.1 Å². The van der Waals surface area contributed by atoms with Crippen molar-refractivity contribution in [1.29, 1.82) is 0 Å². The minimum atomic E-state index is -0.576. The van der Waals surface area contributed by atoms with Crippen molar-refractivity contribution < 1.29 is 19.1 Å². The van der Waals surface area contributed by atoms with Crippen molar-refractivity contribution in [2.75, 3.05) is 13.7 Å². The van der Waals surface area contributed by atoms with E-state index >= 15 is 0 Å². The molecule has 2 aliphatic rings. The van der Waals surface area contributed by atoms with Crippen LogP contribution >= 0.6 is 0 Å². The number of methoxy groups -OCH3 is 1. The number of ether oxygens (including phenoxy) is 2. The molecule has 0 saturated heterocycles. The molecule has 30 heavy (non-hydrogen) atoms. The molecular formula is C22H32N4O4. The van der Waals surface area contributed by atoms with Crippen LogP contribution in [0, 0.1) is 0 Å². The first kappa shape index (κ1) is 21.9. The second kappa shape index (κ2) is 10.3. The van der Waals surface area contributed by atoms with Crippen LogP contribution in [-0.4, -0.2) is 48.5 Å². The Bertz CT molecular complexity index is 789. The molecule has 1 amide bonds. The zero-order chi connectivity index (χ0) is 21.5. The van der Waals surface area contributed by atoms with Gasteiger partial charge in [0.1, 0.15) is 18.0 Å². The zero-order valence-corrected chi connectivity index (χ0v) is 17.9. The molecule has 1 saturated carbocycles. The average Bonchev–Trinajstić information content (AvgIpc) is 2.75. The molecule has 8 nitrogen and oxygen atoms in total. The number of fused-ring (bicyclic) bond motifs is 1. The van der Waals surface area contributed by atoms with Gasteiger partial charge in [-0.3, -0.25) is 9.59 Å². The first-order valence-corrected chi connectivity index (χ1v) is 10.8. The molecule has 1 aliphatic carbocycles. The van der Waals surface area contributed by atoms with Crippen molar-refractivity contribution in [2.24, 2.45) is 10.7 Å². The van der Waals surface area contributed by atoms with Crippen molar-refractivity contribution >= 4 is 23.5 Å². The van der Waals surface area contributed by atoms with Gasteiger partial charge >= 0.3 is 5.97 Å². The van der Waals surface area contributed by atoms with E-state index in [-0.39, 0.29) is 30.4 Å². The molecule has 1 aromatic rings. The van der Waals surface area contributed by atoms with Crippen LogP contribution in [0.1, 0.15) is 57.4 Å². The quantitative estimate of drug-likeness (QED) is 0.631. The zero-order valence-electron chi connectivity index (χ0n) is 17.9. The fourth-order valence-corrected chi connectivity index (χ4v) is 3.95. The Hall–Kier alpha value is -2.77. The van der Waals surface area contributed by atoms with E-state index in [0.717, 1.165) is 37.7 Å². The second-order valence-electron chi connectivity index (χ2n) is 7.90. The van der Waals surface area contributed by atoms with E-state index in [1.54, 1.807) is 4.90 Å². The van der Waals surface area contributed by atoms with Crippen LogP contribution in [0.4, 0.5) is 5.69 Å². The van der Waals surface area contributed by atoms with E-state index < -0.39 is 6.10 Å². The summed E-state index contributed by atoms with van der Waals surface area (Å²) in [6.07, 6.45) is 6.49. The van der Waals surface area contributed by atoms with Crippen LogP contribution in [0.2, 0.25) is 0 Å². The summed E-state index contributed by atoms with van der Waals surface area (Å²) in [6.45, 7) is 2.48. The first-order chi connectivity index (χ1) is 14.5. The Balaban J connectivity index is 1.74. The molecule has 0 spiro atoms. The van der Waals surface area contributed by atoms with Crippen molar-refractivity contribution in [3.8, 4) is 5.75 Å². The van der Waals surface area contributed by atoms with E-state index in [0.29, 0.717) is 24.4 Å². The molecule has 3 rings (SSSR count). The van der Waals surface area contributed by atoms with E-state index in [9.17, 15) is 9.59 Å². The number of hydrogen-bond donors (Lipinski definition) is 2. The number of guanidine groups is 1. The van der Waals surface area contributed by atoms with Gasteiger partial charge in [0.05, 0.1) is 7.11 Å². The van der Waals surface area contributed by atoms with E-state index in [2.05, 4.69) is 10.3 Å². The number of rotatable bonds is 8. The lowest BCUT2D eigenvalue weighted by Crippen LogP contribution is -2.44. The summed E-state index contributed by atoms with van der Waals surface area (Å²) in [5.74, 6) is 0.306. The molecule has 1 atom stereocenters. The van der Waals surface area contributed by atoms with E-state index in [1.807, 2.05) is 25.1 Å². The lowest BCUT2D eigenvalue weighted by atomic mass is 9.95. The van der Waals surface area contributed by atoms with E-state index in [1.165, 1.54) is 13.5 Å². The van der Waals surface area contributed by atoms with Gasteiger partial charge in [-0.2, -0.15) is 0 Å². The predicted molar refractivity (Wildman–Crippen MR) is 114 cm³/mol. The summed E-state index contributed by atoms with van der Waals surface area (Å²) >= 11 is 0. The van der Waals surface area contributed by atoms with Crippen LogP contribution in [-0.2, 0) is 20.9 Å². The highest BCUT2D eigenvalue weighted by molar-refractivity contribution is 5.88. The summed E-state index contributed by atoms with van der Waals surface area (Å²) in [5, 5.41) is 3.16. The molecule has 1 fully saturated rings. The third kappa shape index (κ3) is 5.43.